The van der Waals surface area contributed by atoms with E-state index in [9.17, 15) is 9.18 Å². The Balaban J connectivity index is 1.62. The zero-order valence-corrected chi connectivity index (χ0v) is 15.3. The lowest BCUT2D eigenvalue weighted by Gasteiger charge is -2.25. The normalized spacial score (nSPS) is 16.8. The number of likely N-dealkylation sites (tertiary alicyclic amines) is 1. The number of amides is 1. The molecular weight excluding hydrogens is 347 g/mol. The number of benzene rings is 2. The zero-order valence-electron chi connectivity index (χ0n) is 14.5. The topological polar surface area (TPSA) is 33.2 Å². The third-order valence-corrected chi connectivity index (χ3v) is 5.76. The highest BCUT2D eigenvalue weighted by Crippen LogP contribution is 2.35. The van der Waals surface area contributed by atoms with Crippen LogP contribution in [0.1, 0.15) is 40.5 Å². The first kappa shape index (κ1) is 16.9. The van der Waals surface area contributed by atoms with Gasteiger partial charge in [0, 0.05) is 17.5 Å². The van der Waals surface area contributed by atoms with Crippen molar-refractivity contribution in [3.05, 3.63) is 76.5 Å². The summed E-state index contributed by atoms with van der Waals surface area (Å²) in [6.07, 6.45) is 1.94. The van der Waals surface area contributed by atoms with Crippen molar-refractivity contribution in [3.8, 4) is 10.6 Å². The number of thiazole rings is 1. The van der Waals surface area contributed by atoms with E-state index >= 15 is 0 Å². The molecular formula is C21H19FN2OS. The summed E-state index contributed by atoms with van der Waals surface area (Å²) in [6, 6.07) is 14.8. The standard InChI is InChI=1S/C21H19FN2OS/c1-14-7-2-3-8-15(14)19-11-6-12-24(19)21(25)18-13-26-20(23-18)16-9-4-5-10-17(16)22/h2-5,7-10,13,19H,6,11-12H2,1H3. The molecule has 0 aliphatic carbocycles. The van der Waals surface area contributed by atoms with Crippen LogP contribution < -0.4 is 0 Å². The van der Waals surface area contributed by atoms with Crippen LogP contribution in [-0.2, 0) is 0 Å². The molecule has 1 unspecified atom stereocenters. The Labute approximate surface area is 156 Å². The van der Waals surface area contributed by atoms with E-state index in [-0.39, 0.29) is 17.8 Å². The van der Waals surface area contributed by atoms with Gasteiger partial charge in [-0.1, -0.05) is 36.4 Å². The first-order valence-electron chi connectivity index (χ1n) is 8.72. The molecule has 132 valence electrons. The SMILES string of the molecule is Cc1ccccc1C1CCCN1C(=O)c1csc(-c2ccccc2F)n1. The quantitative estimate of drug-likeness (QED) is 0.635. The lowest BCUT2D eigenvalue weighted by molar-refractivity contribution is 0.0730. The molecule has 3 nitrogen and oxygen atoms in total. The van der Waals surface area contributed by atoms with Crippen LogP contribution in [0.5, 0.6) is 0 Å². The third kappa shape index (κ3) is 3.03. The highest BCUT2D eigenvalue weighted by atomic mass is 32.1. The largest absolute Gasteiger partial charge is 0.330 e. The van der Waals surface area contributed by atoms with E-state index in [0.29, 0.717) is 16.3 Å². The molecule has 1 aliphatic rings. The second-order valence-electron chi connectivity index (χ2n) is 6.53. The van der Waals surface area contributed by atoms with Crippen molar-refractivity contribution in [1.29, 1.82) is 0 Å². The fraction of sp³-hybridized carbons (Fsp3) is 0.238. The lowest BCUT2D eigenvalue weighted by Crippen LogP contribution is -2.31. The summed E-state index contributed by atoms with van der Waals surface area (Å²) in [7, 11) is 0. The molecule has 0 saturated carbocycles. The minimum Gasteiger partial charge on any atom is -0.330 e. The minimum absolute atomic E-state index is 0.0745. The summed E-state index contributed by atoms with van der Waals surface area (Å²) in [5, 5.41) is 2.27. The summed E-state index contributed by atoms with van der Waals surface area (Å²) in [6.45, 7) is 2.81. The van der Waals surface area contributed by atoms with Crippen LogP contribution in [0, 0.1) is 12.7 Å². The van der Waals surface area contributed by atoms with Crippen LogP contribution in [0.4, 0.5) is 4.39 Å². The second kappa shape index (κ2) is 7.00. The first-order chi connectivity index (χ1) is 12.6. The molecule has 2 aromatic carbocycles. The van der Waals surface area contributed by atoms with E-state index in [0.717, 1.165) is 19.4 Å². The Hall–Kier alpha value is -2.53. The van der Waals surface area contributed by atoms with Crippen LogP contribution in [0.25, 0.3) is 10.6 Å². The summed E-state index contributed by atoms with van der Waals surface area (Å²) in [5.41, 5.74) is 3.23. The Morgan fingerprint density at radius 1 is 1.19 bits per heavy atom. The number of hydrogen-bond acceptors (Lipinski definition) is 3. The first-order valence-corrected chi connectivity index (χ1v) is 9.60. The number of halogens is 1. The van der Waals surface area contributed by atoms with Crippen LogP contribution in [0.3, 0.4) is 0 Å². The highest BCUT2D eigenvalue weighted by molar-refractivity contribution is 7.13. The fourth-order valence-corrected chi connectivity index (χ4v) is 4.39. The Morgan fingerprint density at radius 2 is 1.96 bits per heavy atom. The van der Waals surface area contributed by atoms with E-state index in [1.807, 2.05) is 17.0 Å². The summed E-state index contributed by atoms with van der Waals surface area (Å²) < 4.78 is 14.0. The van der Waals surface area contributed by atoms with Gasteiger partial charge in [0.05, 0.1) is 6.04 Å². The van der Waals surface area contributed by atoms with Crippen LogP contribution in [-0.4, -0.2) is 22.3 Å². The van der Waals surface area contributed by atoms with Gasteiger partial charge in [-0.15, -0.1) is 11.3 Å². The second-order valence-corrected chi connectivity index (χ2v) is 7.39. The molecule has 1 saturated heterocycles. The molecule has 1 aromatic heterocycles. The number of aryl methyl sites for hydroxylation is 1. The Morgan fingerprint density at radius 3 is 2.77 bits per heavy atom. The van der Waals surface area contributed by atoms with E-state index in [1.54, 1.807) is 23.6 Å². The van der Waals surface area contributed by atoms with Gasteiger partial charge in [0.15, 0.2) is 0 Å². The van der Waals surface area contributed by atoms with Crippen LogP contribution >= 0.6 is 11.3 Å². The highest BCUT2D eigenvalue weighted by Gasteiger charge is 2.32. The number of rotatable bonds is 3. The van der Waals surface area contributed by atoms with Crippen LogP contribution in [0.2, 0.25) is 0 Å². The average Bonchev–Trinajstić information content (AvgIpc) is 3.32. The van der Waals surface area contributed by atoms with Crippen molar-refractivity contribution >= 4 is 17.2 Å². The van der Waals surface area contributed by atoms with Gasteiger partial charge in [-0.2, -0.15) is 0 Å². The predicted molar refractivity (Wildman–Crippen MR) is 102 cm³/mol. The molecule has 1 fully saturated rings. The number of hydrogen-bond donors (Lipinski definition) is 0. The van der Waals surface area contributed by atoms with Gasteiger partial charge >= 0.3 is 0 Å². The predicted octanol–water partition coefficient (Wildman–Crippen LogP) is 5.23. The van der Waals surface area contributed by atoms with Gasteiger partial charge < -0.3 is 4.90 Å². The smallest absolute Gasteiger partial charge is 0.273 e. The monoisotopic (exact) mass is 366 g/mol. The number of carbonyl (C=O) groups excluding carboxylic acids is 1. The third-order valence-electron chi connectivity index (χ3n) is 4.89. The number of carbonyl (C=O) groups is 1. The molecule has 0 bridgehead atoms. The van der Waals surface area contributed by atoms with E-state index in [4.69, 9.17) is 0 Å². The summed E-state index contributed by atoms with van der Waals surface area (Å²) in [5.74, 6) is -0.394. The summed E-state index contributed by atoms with van der Waals surface area (Å²) in [4.78, 5) is 19.4. The van der Waals surface area contributed by atoms with Gasteiger partial charge in [-0.3, -0.25) is 4.79 Å². The van der Waals surface area contributed by atoms with Crippen molar-refractivity contribution in [3.63, 3.8) is 0 Å². The molecule has 5 heteroatoms. The van der Waals surface area contributed by atoms with E-state index in [1.165, 1.54) is 28.5 Å². The molecule has 2 heterocycles. The molecule has 1 amide bonds. The molecule has 0 N–H and O–H groups in total. The molecule has 1 aliphatic heterocycles. The average molecular weight is 366 g/mol. The van der Waals surface area contributed by atoms with Gasteiger partial charge in [-0.25, -0.2) is 9.37 Å². The van der Waals surface area contributed by atoms with Crippen molar-refractivity contribution in [2.45, 2.75) is 25.8 Å². The maximum atomic E-state index is 14.0. The van der Waals surface area contributed by atoms with E-state index < -0.39 is 0 Å². The molecule has 0 spiro atoms. The van der Waals surface area contributed by atoms with Gasteiger partial charge in [0.25, 0.3) is 5.91 Å². The Bertz CT molecular complexity index is 952. The van der Waals surface area contributed by atoms with Crippen molar-refractivity contribution in [2.75, 3.05) is 6.54 Å². The molecule has 26 heavy (non-hydrogen) atoms. The van der Waals surface area contributed by atoms with Gasteiger partial charge in [-0.05, 0) is 43.0 Å². The zero-order chi connectivity index (χ0) is 18.1. The molecule has 0 radical (unpaired) electrons. The van der Waals surface area contributed by atoms with Gasteiger partial charge in [0.1, 0.15) is 16.5 Å². The van der Waals surface area contributed by atoms with Gasteiger partial charge in [0.2, 0.25) is 0 Å². The minimum atomic E-state index is -0.320. The van der Waals surface area contributed by atoms with E-state index in [2.05, 4.69) is 24.0 Å². The van der Waals surface area contributed by atoms with Crippen molar-refractivity contribution in [1.82, 2.24) is 9.88 Å². The number of aromatic nitrogens is 1. The summed E-state index contributed by atoms with van der Waals surface area (Å²) >= 11 is 1.31. The molecule has 3 aromatic rings. The maximum absolute atomic E-state index is 14.0. The molecule has 4 rings (SSSR count). The van der Waals surface area contributed by atoms with Crippen LogP contribution in [0.15, 0.2) is 53.9 Å². The Kier molecular flexibility index (Phi) is 4.55. The lowest BCUT2D eigenvalue weighted by atomic mass is 9.99. The number of nitrogens with zero attached hydrogens (tertiary/aromatic N) is 2. The van der Waals surface area contributed by atoms with Crippen molar-refractivity contribution < 1.29 is 9.18 Å². The molecule has 1 atom stereocenters. The fourth-order valence-electron chi connectivity index (χ4n) is 3.57. The maximum Gasteiger partial charge on any atom is 0.273 e. The van der Waals surface area contributed by atoms with Crippen molar-refractivity contribution in [2.24, 2.45) is 0 Å².